The Morgan fingerprint density at radius 2 is 2.54 bits per heavy atom. The molecule has 0 aliphatic heterocycles. The van der Waals surface area contributed by atoms with Gasteiger partial charge in [-0.3, -0.25) is 4.79 Å². The molecule has 0 aliphatic rings. The topological polar surface area (TPSA) is 85.8 Å². The monoisotopic (exact) mass is 183 g/mol. The first-order chi connectivity index (χ1) is 6.15. The van der Waals surface area contributed by atoms with E-state index in [9.17, 15) is 4.79 Å². The first kappa shape index (κ1) is 9.66. The fourth-order valence-electron chi connectivity index (χ4n) is 0.895. The molecule has 1 amide bonds. The quantitative estimate of drug-likeness (QED) is 0.629. The lowest BCUT2D eigenvalue weighted by Gasteiger charge is -2.04. The summed E-state index contributed by atoms with van der Waals surface area (Å²) in [7, 11) is 1.82. The first-order valence-electron chi connectivity index (χ1n) is 3.99. The summed E-state index contributed by atoms with van der Waals surface area (Å²) >= 11 is 0. The van der Waals surface area contributed by atoms with E-state index in [-0.39, 0.29) is 0 Å². The zero-order chi connectivity index (χ0) is 9.84. The van der Waals surface area contributed by atoms with Crippen molar-refractivity contribution in [3.8, 4) is 0 Å². The van der Waals surface area contributed by atoms with Gasteiger partial charge in [0.15, 0.2) is 0 Å². The molecule has 6 nitrogen and oxygen atoms in total. The molecule has 0 aromatic carbocycles. The number of rotatable bonds is 4. The number of nitrogens with two attached hydrogens (primary N) is 1. The molecule has 1 aromatic heterocycles. The predicted molar refractivity (Wildman–Crippen MR) is 46.7 cm³/mol. The van der Waals surface area contributed by atoms with Gasteiger partial charge >= 0.3 is 0 Å². The number of hydrogen-bond acceptors (Lipinski definition) is 4. The molecule has 1 rings (SSSR count). The van der Waals surface area contributed by atoms with Gasteiger partial charge in [-0.05, 0) is 14.0 Å². The Balaban J connectivity index is 2.73. The Morgan fingerprint density at radius 1 is 1.85 bits per heavy atom. The molecule has 0 radical (unpaired) electrons. The third-order valence-electron chi connectivity index (χ3n) is 1.72. The van der Waals surface area contributed by atoms with E-state index < -0.39 is 11.9 Å². The predicted octanol–water partition coefficient (Wildman–Crippen LogP) is -0.956. The number of nitrogens with zero attached hydrogens (tertiary/aromatic N) is 3. The van der Waals surface area contributed by atoms with Crippen molar-refractivity contribution in [3.05, 3.63) is 11.9 Å². The van der Waals surface area contributed by atoms with Crippen LogP contribution in [0.5, 0.6) is 0 Å². The van der Waals surface area contributed by atoms with Gasteiger partial charge in [-0.25, -0.2) is 4.68 Å². The van der Waals surface area contributed by atoms with Crippen LogP contribution in [-0.4, -0.2) is 27.9 Å². The van der Waals surface area contributed by atoms with Crippen LogP contribution in [0.3, 0.4) is 0 Å². The van der Waals surface area contributed by atoms with Gasteiger partial charge in [0.25, 0.3) is 0 Å². The lowest BCUT2D eigenvalue weighted by molar-refractivity contribution is -0.120. The molecule has 13 heavy (non-hydrogen) atoms. The van der Waals surface area contributed by atoms with Crippen molar-refractivity contribution in [1.82, 2.24) is 20.3 Å². The number of nitrogens with one attached hydrogen (secondary N) is 1. The smallest absolute Gasteiger partial charge is 0.242 e. The highest BCUT2D eigenvalue weighted by atomic mass is 16.1. The third-order valence-corrected chi connectivity index (χ3v) is 1.72. The van der Waals surface area contributed by atoms with Crippen LogP contribution in [0.2, 0.25) is 0 Å². The van der Waals surface area contributed by atoms with Crippen LogP contribution in [0.1, 0.15) is 18.7 Å². The second kappa shape index (κ2) is 3.99. The van der Waals surface area contributed by atoms with Gasteiger partial charge in [0.05, 0.1) is 11.9 Å². The molecule has 0 bridgehead atoms. The largest absolute Gasteiger partial charge is 0.368 e. The van der Waals surface area contributed by atoms with Gasteiger partial charge in [-0.15, -0.1) is 5.10 Å². The van der Waals surface area contributed by atoms with Gasteiger partial charge < -0.3 is 11.1 Å². The molecule has 1 unspecified atom stereocenters. The zero-order valence-electron chi connectivity index (χ0n) is 7.69. The highest BCUT2D eigenvalue weighted by molar-refractivity contribution is 5.77. The summed E-state index contributed by atoms with van der Waals surface area (Å²) in [5.74, 6) is -0.416. The van der Waals surface area contributed by atoms with Crippen LogP contribution in [0, 0.1) is 0 Å². The second-order valence-electron chi connectivity index (χ2n) is 2.80. The zero-order valence-corrected chi connectivity index (χ0v) is 7.69. The summed E-state index contributed by atoms with van der Waals surface area (Å²) < 4.78 is 1.45. The second-order valence-corrected chi connectivity index (χ2v) is 2.80. The van der Waals surface area contributed by atoms with Crippen molar-refractivity contribution < 1.29 is 4.79 Å². The van der Waals surface area contributed by atoms with E-state index in [4.69, 9.17) is 5.73 Å². The van der Waals surface area contributed by atoms with Gasteiger partial charge in [-0.1, -0.05) is 5.21 Å². The molecule has 0 saturated heterocycles. The molecule has 0 aliphatic carbocycles. The van der Waals surface area contributed by atoms with Crippen molar-refractivity contribution in [3.63, 3.8) is 0 Å². The molecule has 1 aromatic rings. The molecular weight excluding hydrogens is 170 g/mol. The molecule has 72 valence electrons. The first-order valence-corrected chi connectivity index (χ1v) is 3.99. The standard InChI is InChI=1S/C7H13N5O/c1-5(7(8)13)12-4-6(3-9-2)10-11-12/h4-5,9H,3H2,1-2H3,(H2,8,13). The summed E-state index contributed by atoms with van der Waals surface area (Å²) in [6.45, 7) is 2.31. The molecule has 6 heteroatoms. The van der Waals surface area contributed by atoms with E-state index in [1.807, 2.05) is 7.05 Å². The SMILES string of the molecule is CNCc1cn(C(C)C(N)=O)nn1. The van der Waals surface area contributed by atoms with E-state index in [2.05, 4.69) is 15.6 Å². The summed E-state index contributed by atoms with van der Waals surface area (Å²) in [6, 6.07) is -0.446. The van der Waals surface area contributed by atoms with Crippen LogP contribution in [-0.2, 0) is 11.3 Å². The molecule has 0 spiro atoms. The molecule has 0 saturated carbocycles. The van der Waals surface area contributed by atoms with E-state index in [1.165, 1.54) is 4.68 Å². The van der Waals surface area contributed by atoms with Gasteiger partial charge in [0, 0.05) is 6.54 Å². The Morgan fingerprint density at radius 3 is 3.08 bits per heavy atom. The van der Waals surface area contributed by atoms with Crippen molar-refractivity contribution in [2.45, 2.75) is 19.5 Å². The Labute approximate surface area is 76.1 Å². The molecular formula is C7H13N5O. The number of hydrogen-bond donors (Lipinski definition) is 2. The van der Waals surface area contributed by atoms with Crippen LogP contribution >= 0.6 is 0 Å². The highest BCUT2D eigenvalue weighted by Gasteiger charge is 2.12. The average molecular weight is 183 g/mol. The van der Waals surface area contributed by atoms with Crippen molar-refractivity contribution in [2.75, 3.05) is 7.05 Å². The maximum Gasteiger partial charge on any atom is 0.242 e. The summed E-state index contributed by atoms with van der Waals surface area (Å²) in [4.78, 5) is 10.8. The number of amides is 1. The maximum absolute atomic E-state index is 10.8. The van der Waals surface area contributed by atoms with Crippen molar-refractivity contribution in [1.29, 1.82) is 0 Å². The Kier molecular flexibility index (Phi) is 2.97. The molecule has 0 fully saturated rings. The fourth-order valence-corrected chi connectivity index (χ4v) is 0.895. The van der Waals surface area contributed by atoms with Crippen LogP contribution in [0.25, 0.3) is 0 Å². The number of primary amides is 1. The summed E-state index contributed by atoms with van der Waals surface area (Å²) in [6.07, 6.45) is 1.70. The summed E-state index contributed by atoms with van der Waals surface area (Å²) in [5, 5.41) is 10.6. The van der Waals surface area contributed by atoms with Crippen molar-refractivity contribution >= 4 is 5.91 Å². The number of aromatic nitrogens is 3. The van der Waals surface area contributed by atoms with Crippen LogP contribution in [0.4, 0.5) is 0 Å². The van der Waals surface area contributed by atoms with E-state index in [0.717, 1.165) is 5.69 Å². The molecule has 3 N–H and O–H groups in total. The van der Waals surface area contributed by atoms with E-state index >= 15 is 0 Å². The normalized spacial score (nSPS) is 12.8. The summed E-state index contributed by atoms with van der Waals surface area (Å²) in [5.41, 5.74) is 5.90. The third kappa shape index (κ3) is 2.25. The lowest BCUT2D eigenvalue weighted by Crippen LogP contribution is -2.24. The minimum atomic E-state index is -0.446. The van der Waals surface area contributed by atoms with Crippen LogP contribution in [0.15, 0.2) is 6.20 Å². The van der Waals surface area contributed by atoms with Gasteiger partial charge in [0.2, 0.25) is 5.91 Å². The Bertz CT molecular complexity index is 295. The minimum absolute atomic E-state index is 0.416. The average Bonchev–Trinajstić information content (AvgIpc) is 2.52. The number of carbonyl (C=O) groups excluding carboxylic acids is 1. The highest BCUT2D eigenvalue weighted by Crippen LogP contribution is 2.02. The molecule has 1 atom stereocenters. The van der Waals surface area contributed by atoms with E-state index in [0.29, 0.717) is 6.54 Å². The maximum atomic E-state index is 10.8. The minimum Gasteiger partial charge on any atom is -0.368 e. The fraction of sp³-hybridized carbons (Fsp3) is 0.571. The lowest BCUT2D eigenvalue weighted by atomic mass is 10.3. The van der Waals surface area contributed by atoms with Crippen LogP contribution < -0.4 is 11.1 Å². The van der Waals surface area contributed by atoms with Crippen molar-refractivity contribution in [2.24, 2.45) is 5.73 Å². The Hall–Kier alpha value is -1.43. The van der Waals surface area contributed by atoms with Gasteiger partial charge in [0.1, 0.15) is 6.04 Å². The van der Waals surface area contributed by atoms with Gasteiger partial charge in [-0.2, -0.15) is 0 Å². The molecule has 1 heterocycles. The van der Waals surface area contributed by atoms with E-state index in [1.54, 1.807) is 13.1 Å². The number of carbonyl (C=O) groups is 1.